The van der Waals surface area contributed by atoms with Gasteiger partial charge in [0.05, 0.1) is 16.6 Å². The van der Waals surface area contributed by atoms with E-state index in [1.165, 1.54) is 6.42 Å². The zero-order chi connectivity index (χ0) is 18.1. The second kappa shape index (κ2) is 7.12. The van der Waals surface area contributed by atoms with Crippen LogP contribution in [0.5, 0.6) is 0 Å². The number of aryl methyl sites for hydroxylation is 3. The van der Waals surface area contributed by atoms with Crippen LogP contribution in [-0.2, 0) is 7.05 Å². The largest absolute Gasteiger partial charge is 0.351 e. The van der Waals surface area contributed by atoms with Gasteiger partial charge in [-0.2, -0.15) is 5.10 Å². The predicted molar refractivity (Wildman–Crippen MR) is 99.7 cm³/mol. The highest BCUT2D eigenvalue weighted by molar-refractivity contribution is 6.06. The highest BCUT2D eigenvalue weighted by Crippen LogP contribution is 2.22. The van der Waals surface area contributed by atoms with Crippen LogP contribution >= 0.6 is 0 Å². The molecule has 2 aromatic rings. The molecule has 0 aromatic carbocycles. The van der Waals surface area contributed by atoms with Crippen molar-refractivity contribution in [3.63, 3.8) is 0 Å². The lowest BCUT2D eigenvalue weighted by Gasteiger charge is -2.34. The van der Waals surface area contributed by atoms with Crippen LogP contribution in [-0.4, -0.2) is 51.8 Å². The van der Waals surface area contributed by atoms with Crippen molar-refractivity contribution in [2.45, 2.75) is 34.1 Å². The Morgan fingerprint density at radius 3 is 2.64 bits per heavy atom. The minimum atomic E-state index is -0.0373. The van der Waals surface area contributed by atoms with E-state index >= 15 is 0 Å². The number of carbonyl (C=O) groups is 1. The molecule has 1 fully saturated rings. The quantitative estimate of drug-likeness (QED) is 0.925. The summed E-state index contributed by atoms with van der Waals surface area (Å²) in [5.74, 6) is 1.43. The number of hydrogen-bond donors (Lipinski definition) is 1. The minimum absolute atomic E-state index is 0.0373. The lowest BCUT2D eigenvalue weighted by Crippen LogP contribution is -2.42. The van der Waals surface area contributed by atoms with Crippen molar-refractivity contribution in [1.82, 2.24) is 25.0 Å². The standard InChI is InChI=1S/C19H29N5O/c1-12-8-13(2)11-24(10-12)7-6-20-19(25)16-9-14(3)21-18-17(16)15(4)22-23(18)5/h9,12-13H,6-8,10-11H2,1-5H3,(H,20,25). The number of rotatable bonds is 4. The summed E-state index contributed by atoms with van der Waals surface area (Å²) in [7, 11) is 1.86. The molecule has 1 aliphatic heterocycles. The van der Waals surface area contributed by atoms with Gasteiger partial charge in [-0.1, -0.05) is 13.8 Å². The van der Waals surface area contributed by atoms with Gasteiger partial charge in [0, 0.05) is 38.9 Å². The van der Waals surface area contributed by atoms with Crippen molar-refractivity contribution in [1.29, 1.82) is 0 Å². The van der Waals surface area contributed by atoms with Crippen molar-refractivity contribution < 1.29 is 4.79 Å². The van der Waals surface area contributed by atoms with Crippen LogP contribution in [0.15, 0.2) is 6.07 Å². The third-order valence-electron chi connectivity index (χ3n) is 5.00. The van der Waals surface area contributed by atoms with Crippen LogP contribution in [0.4, 0.5) is 0 Å². The smallest absolute Gasteiger partial charge is 0.252 e. The lowest BCUT2D eigenvalue weighted by molar-refractivity contribution is 0.0938. The lowest BCUT2D eigenvalue weighted by atomic mass is 9.92. The molecule has 2 atom stereocenters. The molecule has 0 bridgehead atoms. The number of hydrogen-bond acceptors (Lipinski definition) is 4. The van der Waals surface area contributed by atoms with E-state index in [-0.39, 0.29) is 5.91 Å². The monoisotopic (exact) mass is 343 g/mol. The first-order chi connectivity index (χ1) is 11.8. The van der Waals surface area contributed by atoms with Crippen molar-refractivity contribution in [3.8, 4) is 0 Å². The number of fused-ring (bicyclic) bond motifs is 1. The molecule has 0 spiro atoms. The van der Waals surface area contributed by atoms with E-state index < -0.39 is 0 Å². The summed E-state index contributed by atoms with van der Waals surface area (Å²) < 4.78 is 1.74. The number of nitrogens with one attached hydrogen (secondary N) is 1. The molecule has 1 saturated heterocycles. The number of aromatic nitrogens is 3. The number of amides is 1. The molecule has 136 valence electrons. The molecule has 1 aliphatic rings. The third-order valence-corrected chi connectivity index (χ3v) is 5.00. The molecule has 25 heavy (non-hydrogen) atoms. The molecule has 6 heteroatoms. The van der Waals surface area contributed by atoms with Gasteiger partial charge in [0.15, 0.2) is 5.65 Å². The van der Waals surface area contributed by atoms with E-state index in [9.17, 15) is 4.79 Å². The first kappa shape index (κ1) is 17.9. The van der Waals surface area contributed by atoms with Gasteiger partial charge >= 0.3 is 0 Å². The molecule has 0 saturated carbocycles. The zero-order valence-corrected chi connectivity index (χ0v) is 16.0. The Morgan fingerprint density at radius 2 is 1.96 bits per heavy atom. The summed E-state index contributed by atoms with van der Waals surface area (Å²) in [5, 5.41) is 8.35. The fraction of sp³-hybridized carbons (Fsp3) is 0.632. The van der Waals surface area contributed by atoms with Crippen LogP contribution in [0.3, 0.4) is 0 Å². The second-order valence-electron chi connectivity index (χ2n) is 7.68. The third kappa shape index (κ3) is 3.84. The van der Waals surface area contributed by atoms with Gasteiger partial charge in [0.1, 0.15) is 0 Å². The Bertz CT molecular complexity index is 772. The molecule has 0 aliphatic carbocycles. The van der Waals surface area contributed by atoms with Gasteiger partial charge in [0.2, 0.25) is 0 Å². The summed E-state index contributed by atoms with van der Waals surface area (Å²) in [6.07, 6.45) is 1.30. The highest BCUT2D eigenvalue weighted by Gasteiger charge is 2.22. The maximum atomic E-state index is 12.7. The Labute approximate surface area is 149 Å². The molecule has 3 heterocycles. The zero-order valence-electron chi connectivity index (χ0n) is 16.0. The Morgan fingerprint density at radius 1 is 1.28 bits per heavy atom. The van der Waals surface area contributed by atoms with Crippen LogP contribution in [0, 0.1) is 25.7 Å². The van der Waals surface area contributed by atoms with Gasteiger partial charge in [-0.15, -0.1) is 0 Å². The van der Waals surface area contributed by atoms with Crippen molar-refractivity contribution >= 4 is 16.9 Å². The van der Waals surface area contributed by atoms with Crippen molar-refractivity contribution in [2.75, 3.05) is 26.2 Å². The number of carbonyl (C=O) groups excluding carboxylic acids is 1. The summed E-state index contributed by atoms with van der Waals surface area (Å²) >= 11 is 0. The number of nitrogens with zero attached hydrogens (tertiary/aromatic N) is 4. The van der Waals surface area contributed by atoms with Gasteiger partial charge in [0.25, 0.3) is 5.91 Å². The Hall–Kier alpha value is -1.95. The molecular weight excluding hydrogens is 314 g/mol. The van der Waals surface area contributed by atoms with Crippen molar-refractivity contribution in [3.05, 3.63) is 23.0 Å². The van der Waals surface area contributed by atoms with Gasteiger partial charge in [-0.25, -0.2) is 4.98 Å². The highest BCUT2D eigenvalue weighted by atomic mass is 16.1. The topological polar surface area (TPSA) is 63.1 Å². The molecule has 1 N–H and O–H groups in total. The molecule has 2 aromatic heterocycles. The first-order valence-corrected chi connectivity index (χ1v) is 9.16. The number of likely N-dealkylation sites (tertiary alicyclic amines) is 1. The molecular formula is C19H29N5O. The van der Waals surface area contributed by atoms with Crippen LogP contribution in [0.25, 0.3) is 11.0 Å². The fourth-order valence-corrected chi connectivity index (χ4v) is 4.15. The van der Waals surface area contributed by atoms with Crippen LogP contribution in [0.1, 0.15) is 42.0 Å². The Balaban J connectivity index is 1.69. The average Bonchev–Trinajstić information content (AvgIpc) is 2.80. The summed E-state index contributed by atoms with van der Waals surface area (Å²) in [6, 6.07) is 1.86. The summed E-state index contributed by atoms with van der Waals surface area (Å²) in [4.78, 5) is 19.7. The van der Waals surface area contributed by atoms with Crippen LogP contribution in [0.2, 0.25) is 0 Å². The van der Waals surface area contributed by atoms with Crippen molar-refractivity contribution in [2.24, 2.45) is 18.9 Å². The van der Waals surface area contributed by atoms with Gasteiger partial charge in [-0.05, 0) is 38.2 Å². The van der Waals surface area contributed by atoms with Gasteiger partial charge < -0.3 is 10.2 Å². The normalized spacial score (nSPS) is 21.6. The minimum Gasteiger partial charge on any atom is -0.351 e. The predicted octanol–water partition coefficient (Wildman–Crippen LogP) is 2.29. The first-order valence-electron chi connectivity index (χ1n) is 9.16. The van der Waals surface area contributed by atoms with E-state index in [0.717, 1.165) is 53.9 Å². The van der Waals surface area contributed by atoms with Crippen LogP contribution < -0.4 is 5.32 Å². The molecule has 2 unspecified atom stereocenters. The van der Waals surface area contributed by atoms with E-state index in [1.807, 2.05) is 27.0 Å². The summed E-state index contributed by atoms with van der Waals surface area (Å²) in [6.45, 7) is 12.3. The molecule has 3 rings (SSSR count). The summed E-state index contributed by atoms with van der Waals surface area (Å²) in [5.41, 5.74) is 3.11. The van der Waals surface area contributed by atoms with E-state index in [2.05, 4.69) is 34.1 Å². The SMILES string of the molecule is Cc1cc(C(=O)NCCN2CC(C)CC(C)C2)c2c(C)nn(C)c2n1. The van der Waals surface area contributed by atoms with E-state index in [0.29, 0.717) is 12.1 Å². The second-order valence-corrected chi connectivity index (χ2v) is 7.68. The van der Waals surface area contributed by atoms with E-state index in [1.54, 1.807) is 4.68 Å². The molecule has 6 nitrogen and oxygen atoms in total. The molecule has 1 amide bonds. The number of piperidine rings is 1. The average molecular weight is 343 g/mol. The Kier molecular flexibility index (Phi) is 5.08. The maximum absolute atomic E-state index is 12.7. The number of pyridine rings is 1. The van der Waals surface area contributed by atoms with Gasteiger partial charge in [-0.3, -0.25) is 9.48 Å². The van der Waals surface area contributed by atoms with E-state index in [4.69, 9.17) is 0 Å². The fourth-order valence-electron chi connectivity index (χ4n) is 4.15. The molecule has 0 radical (unpaired) electrons. The maximum Gasteiger partial charge on any atom is 0.252 e.